The number of nitrogens with two attached hydrogens (primary N) is 1. The normalized spacial score (nSPS) is 25.2. The maximum absolute atomic E-state index is 9.78. The number of fused-ring (bicyclic) bond motifs is 1. The van der Waals surface area contributed by atoms with E-state index in [9.17, 15) is 10.5 Å². The Morgan fingerprint density at radius 3 is 2.63 bits per heavy atom. The first-order chi connectivity index (χ1) is 14.5. The highest BCUT2D eigenvalue weighted by atomic mass is 32.2. The Labute approximate surface area is 179 Å². The van der Waals surface area contributed by atoms with Crippen molar-refractivity contribution in [3.8, 4) is 12.1 Å². The minimum Gasteiger partial charge on any atom is -0.458 e. The van der Waals surface area contributed by atoms with Crippen molar-refractivity contribution in [3.05, 3.63) is 70.2 Å². The summed E-state index contributed by atoms with van der Waals surface area (Å²) in [7, 11) is 0. The summed E-state index contributed by atoms with van der Waals surface area (Å²) in [6.07, 6.45) is -0.334. The number of hydrogen-bond acceptors (Lipinski definition) is 8. The molecule has 0 aliphatic carbocycles. The van der Waals surface area contributed by atoms with Crippen molar-refractivity contribution >= 4 is 11.8 Å². The van der Waals surface area contributed by atoms with Crippen LogP contribution < -0.4 is 16.6 Å². The first-order valence-electron chi connectivity index (χ1n) is 9.67. The van der Waals surface area contributed by atoms with Gasteiger partial charge in [-0.2, -0.15) is 10.5 Å². The van der Waals surface area contributed by atoms with E-state index in [0.717, 1.165) is 21.8 Å². The van der Waals surface area contributed by atoms with Crippen LogP contribution in [-0.2, 0) is 4.74 Å². The molecule has 2 aliphatic heterocycles. The predicted octanol–water partition coefficient (Wildman–Crippen LogP) is 2.59. The molecule has 30 heavy (non-hydrogen) atoms. The smallest absolute Gasteiger partial charge is 0.200 e. The lowest BCUT2D eigenvalue weighted by Gasteiger charge is -2.35. The summed E-state index contributed by atoms with van der Waals surface area (Å²) in [4.78, 5) is 4.62. The summed E-state index contributed by atoms with van der Waals surface area (Å²) >= 11 is 1.60. The van der Waals surface area contributed by atoms with Gasteiger partial charge < -0.3 is 10.5 Å². The number of allylic oxidation sites excluding steroid dienone is 1. The predicted molar refractivity (Wildman–Crippen MR) is 114 cm³/mol. The first-order valence-corrected chi connectivity index (χ1v) is 10.7. The highest BCUT2D eigenvalue weighted by Crippen LogP contribution is 2.43. The summed E-state index contributed by atoms with van der Waals surface area (Å²) in [5.74, 6) is 0.665. The zero-order valence-electron chi connectivity index (χ0n) is 16.7. The third-order valence-electron chi connectivity index (χ3n) is 5.60. The van der Waals surface area contributed by atoms with Crippen LogP contribution in [0.15, 0.2) is 52.9 Å². The molecule has 1 aromatic heterocycles. The molecule has 7 nitrogen and oxygen atoms in total. The van der Waals surface area contributed by atoms with Crippen LogP contribution in [0, 0.1) is 42.4 Å². The minimum atomic E-state index is -0.334. The van der Waals surface area contributed by atoms with E-state index >= 15 is 0 Å². The topological polar surface area (TPSA) is 120 Å². The van der Waals surface area contributed by atoms with Crippen LogP contribution in [0.25, 0.3) is 0 Å². The average Bonchev–Trinajstić information content (AvgIpc) is 3.15. The third kappa shape index (κ3) is 3.61. The van der Waals surface area contributed by atoms with Crippen molar-refractivity contribution in [2.45, 2.75) is 37.1 Å². The molecule has 0 amide bonds. The van der Waals surface area contributed by atoms with Gasteiger partial charge >= 0.3 is 0 Å². The summed E-state index contributed by atoms with van der Waals surface area (Å²) in [6, 6.07) is 16.2. The van der Waals surface area contributed by atoms with Gasteiger partial charge in [0.25, 0.3) is 0 Å². The molecular weight excluding hydrogens is 396 g/mol. The third-order valence-corrected chi connectivity index (χ3v) is 6.79. The molecule has 152 valence electrons. The number of ether oxygens (including phenoxy) is 1. The second kappa shape index (κ2) is 8.37. The van der Waals surface area contributed by atoms with E-state index in [2.05, 4.69) is 28.0 Å². The molecule has 1 saturated heterocycles. The lowest BCUT2D eigenvalue weighted by atomic mass is 9.76. The largest absolute Gasteiger partial charge is 0.458 e. The standard InChI is InChI=1S/C22H22N6OS/c1-12-8-15(9-23)13(2)22(26-12)30-11-17-19-18(14-6-4-3-5-7-14)16(10-24)20(25)29-21(19)28-27-17/h3-8,17-19,21,27-28H,11,25H2,1-2H3. The van der Waals surface area contributed by atoms with Gasteiger partial charge in [0.05, 0.1) is 17.2 Å². The van der Waals surface area contributed by atoms with Crippen LogP contribution >= 0.6 is 11.8 Å². The molecule has 1 fully saturated rings. The van der Waals surface area contributed by atoms with E-state index in [1.807, 2.05) is 44.2 Å². The molecule has 4 rings (SSSR count). The number of pyridine rings is 1. The number of benzene rings is 1. The molecule has 8 heteroatoms. The molecule has 0 spiro atoms. The van der Waals surface area contributed by atoms with Crippen LogP contribution in [0.2, 0.25) is 0 Å². The Kier molecular flexibility index (Phi) is 5.65. The Balaban J connectivity index is 1.63. The van der Waals surface area contributed by atoms with Crippen LogP contribution in [0.3, 0.4) is 0 Å². The number of aryl methyl sites for hydroxylation is 1. The SMILES string of the molecule is Cc1cc(C#N)c(C)c(SCC2NNC3OC(N)=C(C#N)C(c4ccccc4)C23)n1. The quantitative estimate of drug-likeness (QED) is 0.648. The lowest BCUT2D eigenvalue weighted by molar-refractivity contribution is 0.0353. The molecule has 0 radical (unpaired) electrons. The maximum atomic E-state index is 9.78. The van der Waals surface area contributed by atoms with Gasteiger partial charge in [-0.25, -0.2) is 10.4 Å². The van der Waals surface area contributed by atoms with Crippen molar-refractivity contribution in [1.29, 1.82) is 10.5 Å². The summed E-state index contributed by atoms with van der Waals surface area (Å²) in [5, 5.41) is 20.0. The average molecular weight is 419 g/mol. The molecule has 3 heterocycles. The number of aromatic nitrogens is 1. The van der Waals surface area contributed by atoms with Gasteiger partial charge in [0.15, 0.2) is 6.23 Å². The van der Waals surface area contributed by atoms with E-state index in [1.165, 1.54) is 0 Å². The van der Waals surface area contributed by atoms with E-state index in [1.54, 1.807) is 17.8 Å². The van der Waals surface area contributed by atoms with E-state index < -0.39 is 0 Å². The van der Waals surface area contributed by atoms with Gasteiger partial charge in [-0.05, 0) is 31.0 Å². The van der Waals surface area contributed by atoms with E-state index in [0.29, 0.717) is 16.9 Å². The molecule has 4 atom stereocenters. The Morgan fingerprint density at radius 1 is 1.17 bits per heavy atom. The fourth-order valence-electron chi connectivity index (χ4n) is 4.11. The Hall–Kier alpha value is -3.04. The molecule has 0 bridgehead atoms. The van der Waals surface area contributed by atoms with Gasteiger partial charge in [0.2, 0.25) is 5.88 Å². The van der Waals surface area contributed by atoms with Crippen LogP contribution in [0.4, 0.5) is 0 Å². The van der Waals surface area contributed by atoms with Crippen LogP contribution in [-0.4, -0.2) is 23.0 Å². The summed E-state index contributed by atoms with van der Waals surface area (Å²) in [6.45, 7) is 3.81. The van der Waals surface area contributed by atoms with Gasteiger partial charge in [-0.1, -0.05) is 30.3 Å². The monoisotopic (exact) mass is 418 g/mol. The molecule has 4 unspecified atom stereocenters. The number of nitriles is 2. The molecule has 2 aromatic rings. The summed E-state index contributed by atoms with van der Waals surface area (Å²) < 4.78 is 5.82. The zero-order chi connectivity index (χ0) is 21.3. The molecule has 0 saturated carbocycles. The van der Waals surface area contributed by atoms with Gasteiger partial charge in [-0.3, -0.25) is 5.43 Å². The lowest BCUT2D eigenvalue weighted by Crippen LogP contribution is -2.41. The van der Waals surface area contributed by atoms with Crippen molar-refractivity contribution in [3.63, 3.8) is 0 Å². The number of nitrogens with one attached hydrogen (secondary N) is 2. The minimum absolute atomic E-state index is 0.00824. The van der Waals surface area contributed by atoms with Crippen LogP contribution in [0.5, 0.6) is 0 Å². The zero-order valence-corrected chi connectivity index (χ0v) is 17.5. The van der Waals surface area contributed by atoms with Gasteiger partial charge in [0.1, 0.15) is 11.1 Å². The van der Waals surface area contributed by atoms with Crippen molar-refractivity contribution in [2.24, 2.45) is 11.7 Å². The molecule has 4 N–H and O–H groups in total. The second-order valence-corrected chi connectivity index (χ2v) is 8.46. The fraction of sp³-hybridized carbons (Fsp3) is 0.318. The maximum Gasteiger partial charge on any atom is 0.200 e. The second-order valence-electron chi connectivity index (χ2n) is 7.45. The molecular formula is C22H22N6OS. The first kappa shape index (κ1) is 20.2. The van der Waals surface area contributed by atoms with Gasteiger partial charge in [-0.15, -0.1) is 11.8 Å². The van der Waals surface area contributed by atoms with E-state index in [4.69, 9.17) is 10.5 Å². The fourth-order valence-corrected chi connectivity index (χ4v) is 5.29. The van der Waals surface area contributed by atoms with Crippen molar-refractivity contribution in [2.75, 3.05) is 5.75 Å². The summed E-state index contributed by atoms with van der Waals surface area (Å²) in [5.41, 5.74) is 16.4. The van der Waals surface area contributed by atoms with Gasteiger partial charge in [0, 0.05) is 29.3 Å². The number of rotatable bonds is 4. The van der Waals surface area contributed by atoms with Crippen LogP contribution in [0.1, 0.15) is 28.3 Å². The molecule has 2 aliphatic rings. The van der Waals surface area contributed by atoms with Crippen molar-refractivity contribution in [1.82, 2.24) is 15.8 Å². The van der Waals surface area contributed by atoms with Crippen molar-refractivity contribution < 1.29 is 4.74 Å². The number of hydrogen-bond donors (Lipinski definition) is 3. The number of thioether (sulfide) groups is 1. The number of nitrogens with zero attached hydrogens (tertiary/aromatic N) is 3. The highest BCUT2D eigenvalue weighted by molar-refractivity contribution is 7.99. The van der Waals surface area contributed by atoms with E-state index in [-0.39, 0.29) is 30.0 Å². The molecule has 1 aromatic carbocycles. The Morgan fingerprint density at radius 2 is 1.93 bits per heavy atom. The highest BCUT2D eigenvalue weighted by Gasteiger charge is 2.48. The number of hydrazine groups is 1. The Bertz CT molecular complexity index is 1070.